The Labute approximate surface area is 516 Å². The Morgan fingerprint density at radius 3 is 0.917 bits per heavy atom. The third-order valence-corrected chi connectivity index (χ3v) is 16.4. The molecule has 0 rings (SSSR count). The van der Waals surface area contributed by atoms with Crippen LogP contribution in [-0.2, 0) is 42.2 Å². The van der Waals surface area contributed by atoms with Crippen LogP contribution in [0.25, 0.3) is 0 Å². The third kappa shape index (κ3) is 63.7. The first kappa shape index (κ1) is 81.2. The summed E-state index contributed by atoms with van der Waals surface area (Å²) in [6.45, 7) is 4.65. The topological polar surface area (TPSA) is 155 Å². The number of rotatable bonds is 66. The molecule has 0 aliphatic heterocycles. The minimum absolute atomic E-state index is 0.155. The molecule has 0 bridgehead atoms. The Bertz CT molecular complexity index is 1640. The fourth-order valence-electron chi connectivity index (χ4n) is 10.0. The molecule has 0 saturated heterocycles. The van der Waals surface area contributed by atoms with E-state index in [1.165, 1.54) is 180 Å². The number of esters is 3. The maximum absolute atomic E-state index is 13.0. The molecule has 0 spiro atoms. The van der Waals surface area contributed by atoms with E-state index in [1.807, 2.05) is 0 Å². The van der Waals surface area contributed by atoms with Crippen LogP contribution in [0, 0.1) is 0 Å². The maximum atomic E-state index is 13.0. The highest BCUT2D eigenvalue weighted by Crippen LogP contribution is 2.43. The summed E-state index contributed by atoms with van der Waals surface area (Å²) >= 11 is 0. The molecule has 0 aliphatic carbocycles. The molecule has 0 aromatic carbocycles. The number of hydrogen-bond donors (Lipinski definition) is 2. The fourth-order valence-corrected chi connectivity index (χ4v) is 10.8. The van der Waals surface area contributed by atoms with Gasteiger partial charge < -0.3 is 24.2 Å². The van der Waals surface area contributed by atoms with E-state index in [0.29, 0.717) is 19.3 Å². The van der Waals surface area contributed by atoms with Crippen molar-refractivity contribution >= 4 is 25.7 Å². The number of allylic oxidation sites excluding steroid dienone is 10. The zero-order valence-corrected chi connectivity index (χ0v) is 55.5. The zero-order valence-electron chi connectivity index (χ0n) is 54.6. The van der Waals surface area contributed by atoms with Gasteiger partial charge in [-0.05, 0) is 89.9 Å². The summed E-state index contributed by atoms with van der Waals surface area (Å²) in [5.74, 6) is -1.46. The molecule has 0 fully saturated rings. The van der Waals surface area contributed by atoms with Crippen molar-refractivity contribution in [2.45, 2.75) is 354 Å². The molecule has 0 amide bonds. The summed E-state index contributed by atoms with van der Waals surface area (Å²) < 4.78 is 39.8. The number of carbonyl (C=O) groups is 3. The van der Waals surface area contributed by atoms with Gasteiger partial charge in [0.2, 0.25) is 0 Å². The summed E-state index contributed by atoms with van der Waals surface area (Å²) in [4.78, 5) is 48.9. The zero-order chi connectivity index (χ0) is 61.2. The highest BCUT2D eigenvalue weighted by molar-refractivity contribution is 7.47. The van der Waals surface area contributed by atoms with E-state index in [4.69, 9.17) is 23.3 Å². The van der Waals surface area contributed by atoms with Crippen LogP contribution in [0.5, 0.6) is 0 Å². The summed E-state index contributed by atoms with van der Waals surface area (Å²) in [7, 11) is -4.76. The van der Waals surface area contributed by atoms with Gasteiger partial charge in [-0.1, -0.05) is 293 Å². The lowest BCUT2D eigenvalue weighted by atomic mass is 10.0. The lowest BCUT2D eigenvalue weighted by Crippen LogP contribution is -2.30. The summed E-state index contributed by atoms with van der Waals surface area (Å²) in [5.41, 5.74) is 0. The van der Waals surface area contributed by atoms with Crippen molar-refractivity contribution in [1.29, 1.82) is 0 Å². The van der Waals surface area contributed by atoms with Gasteiger partial charge in [-0.3, -0.25) is 23.4 Å². The Morgan fingerprint density at radius 1 is 0.333 bits per heavy atom. The van der Waals surface area contributed by atoms with Gasteiger partial charge in [0.15, 0.2) is 6.10 Å². The third-order valence-electron chi connectivity index (χ3n) is 15.4. The van der Waals surface area contributed by atoms with E-state index >= 15 is 0 Å². The molecule has 12 heteroatoms. The van der Waals surface area contributed by atoms with Gasteiger partial charge in [0.25, 0.3) is 0 Å². The Kier molecular flexibility index (Phi) is 63.9. The van der Waals surface area contributed by atoms with Crippen molar-refractivity contribution in [2.24, 2.45) is 0 Å². The van der Waals surface area contributed by atoms with Gasteiger partial charge in [-0.15, -0.1) is 0 Å². The summed E-state index contributed by atoms with van der Waals surface area (Å²) in [5, 5.41) is 9.88. The molecule has 0 heterocycles. The molecule has 490 valence electrons. The number of aliphatic hydroxyl groups excluding tert-OH is 1. The quantitative estimate of drug-likeness (QED) is 0.0197. The molecule has 0 radical (unpaired) electrons. The van der Waals surface area contributed by atoms with Crippen LogP contribution in [0.2, 0.25) is 0 Å². The highest BCUT2D eigenvalue weighted by Gasteiger charge is 2.28. The lowest BCUT2D eigenvalue weighted by molar-refractivity contribution is -0.161. The minimum atomic E-state index is -4.76. The molecule has 2 N–H and O–H groups in total. The molecule has 84 heavy (non-hydrogen) atoms. The van der Waals surface area contributed by atoms with Crippen molar-refractivity contribution in [3.8, 4) is 0 Å². The molecule has 0 aromatic heterocycles. The monoisotopic (exact) mass is 1200 g/mol. The number of phosphoric ester groups is 1. The SMILES string of the molecule is CCCCC/C=C\C/C=C\C/C=C\CCCCCCCCC(=O)OC(COC(=O)CCCCCCCCCCCCCCCCCCCCC)COP(=O)(O)OCC(CO)OC(=O)CCCCCCCCCCC/C=C\C/C=C\CCCCC. The molecular formula is C72H131O11P. The lowest BCUT2D eigenvalue weighted by Gasteiger charge is -2.21. The van der Waals surface area contributed by atoms with Crippen molar-refractivity contribution in [3.05, 3.63) is 60.8 Å². The predicted molar refractivity (Wildman–Crippen MR) is 353 cm³/mol. The normalized spacial score (nSPS) is 13.5. The number of hydrogen-bond acceptors (Lipinski definition) is 10. The second kappa shape index (κ2) is 66.1. The average molecular weight is 1200 g/mol. The number of ether oxygens (including phenoxy) is 3. The second-order valence-electron chi connectivity index (χ2n) is 23.7. The van der Waals surface area contributed by atoms with Gasteiger partial charge in [-0.25, -0.2) is 4.57 Å². The van der Waals surface area contributed by atoms with Crippen LogP contribution in [0.3, 0.4) is 0 Å². The Balaban J connectivity index is 4.67. The smallest absolute Gasteiger partial charge is 0.462 e. The van der Waals surface area contributed by atoms with Crippen LogP contribution >= 0.6 is 7.82 Å². The van der Waals surface area contributed by atoms with Gasteiger partial charge in [0.1, 0.15) is 12.7 Å². The second-order valence-corrected chi connectivity index (χ2v) is 25.2. The molecular weight excluding hydrogens is 1070 g/mol. The van der Waals surface area contributed by atoms with E-state index in [1.54, 1.807) is 0 Å². The molecule has 3 unspecified atom stereocenters. The Hall–Kier alpha value is -2.82. The van der Waals surface area contributed by atoms with Crippen LogP contribution in [0.1, 0.15) is 342 Å². The van der Waals surface area contributed by atoms with Gasteiger partial charge in [-0.2, -0.15) is 0 Å². The molecule has 0 aliphatic rings. The van der Waals surface area contributed by atoms with Crippen molar-refractivity contribution in [2.75, 3.05) is 26.4 Å². The van der Waals surface area contributed by atoms with Crippen LogP contribution < -0.4 is 0 Å². The van der Waals surface area contributed by atoms with Crippen molar-refractivity contribution in [3.63, 3.8) is 0 Å². The van der Waals surface area contributed by atoms with Crippen LogP contribution in [0.15, 0.2) is 60.8 Å². The Morgan fingerprint density at radius 2 is 0.583 bits per heavy atom. The van der Waals surface area contributed by atoms with Gasteiger partial charge >= 0.3 is 25.7 Å². The van der Waals surface area contributed by atoms with Crippen molar-refractivity contribution in [1.82, 2.24) is 0 Å². The predicted octanol–water partition coefficient (Wildman–Crippen LogP) is 21.8. The summed E-state index contributed by atoms with van der Waals surface area (Å²) in [6, 6.07) is 0. The standard InChI is InChI=1S/C72H131O11P/c1-4-7-10-13-16-19-22-25-28-31-34-37-40-43-46-49-52-55-58-61-70(74)79-65-69(83-72(76)63-60-57-54-51-48-45-42-39-36-33-30-27-24-21-18-15-12-9-6-3)67-81-84(77,78)80-66-68(64-73)82-71(75)62-59-56-53-50-47-44-41-38-35-32-29-26-23-20-17-14-11-8-5-2/h17-18,20-21,26-27,29-30,36,39,68-69,73H,4-16,19,22-25,28,31-35,37-38,40-67H2,1-3H3,(H,77,78)/b20-17-,21-18-,29-26-,30-27-,39-36-. The average Bonchev–Trinajstić information content (AvgIpc) is 3.53. The number of unbranched alkanes of at least 4 members (excludes halogenated alkanes) is 39. The van der Waals surface area contributed by atoms with Crippen molar-refractivity contribution < 1.29 is 52.2 Å². The van der Waals surface area contributed by atoms with Gasteiger partial charge in [0, 0.05) is 19.3 Å². The minimum Gasteiger partial charge on any atom is -0.462 e. The maximum Gasteiger partial charge on any atom is 0.472 e. The summed E-state index contributed by atoms with van der Waals surface area (Å²) in [6.07, 6.45) is 75.9. The molecule has 3 atom stereocenters. The largest absolute Gasteiger partial charge is 0.472 e. The first-order valence-electron chi connectivity index (χ1n) is 35.2. The van der Waals surface area contributed by atoms with E-state index in [9.17, 15) is 28.9 Å². The van der Waals surface area contributed by atoms with E-state index in [-0.39, 0.29) is 25.9 Å². The molecule has 0 aromatic rings. The van der Waals surface area contributed by atoms with Crippen LogP contribution in [0.4, 0.5) is 0 Å². The van der Waals surface area contributed by atoms with Crippen LogP contribution in [-0.4, -0.2) is 66.5 Å². The molecule has 11 nitrogen and oxygen atoms in total. The van der Waals surface area contributed by atoms with E-state index in [0.717, 1.165) is 103 Å². The van der Waals surface area contributed by atoms with Gasteiger partial charge in [0.05, 0.1) is 19.8 Å². The number of carbonyl (C=O) groups excluding carboxylic acids is 3. The first-order valence-corrected chi connectivity index (χ1v) is 36.7. The number of aliphatic hydroxyl groups is 1. The first-order chi connectivity index (χ1) is 41.2. The molecule has 0 saturated carbocycles. The highest BCUT2D eigenvalue weighted by atomic mass is 31.2. The number of phosphoric acid groups is 1. The fraction of sp³-hybridized carbons (Fsp3) is 0.819. The van der Waals surface area contributed by atoms with E-state index in [2.05, 4.69) is 81.5 Å². The van der Waals surface area contributed by atoms with E-state index < -0.39 is 57.8 Å².